The molecule has 3 nitrogen and oxygen atoms in total. The molecule has 2 N–H and O–H groups in total. The van der Waals surface area contributed by atoms with Gasteiger partial charge in [-0.05, 0) is 44.2 Å². The first kappa shape index (κ1) is 12.6. The van der Waals surface area contributed by atoms with Crippen LogP contribution in [0.1, 0.15) is 42.5 Å². The van der Waals surface area contributed by atoms with Gasteiger partial charge < -0.3 is 5.11 Å². The van der Waals surface area contributed by atoms with Crippen LogP contribution in [-0.2, 0) is 11.2 Å². The van der Waals surface area contributed by atoms with Gasteiger partial charge in [0, 0.05) is 15.8 Å². The number of aryl methyl sites for hydroxylation is 1. The molecule has 0 amide bonds. The first-order valence-corrected chi connectivity index (χ1v) is 7.01. The smallest absolute Gasteiger partial charge is 0.321 e. The third-order valence-electron chi connectivity index (χ3n) is 3.25. The first-order valence-electron chi connectivity index (χ1n) is 6.19. The van der Waals surface area contributed by atoms with E-state index < -0.39 is 5.97 Å². The second-order valence-corrected chi connectivity index (χ2v) is 5.90. The fourth-order valence-electron chi connectivity index (χ4n) is 2.01. The summed E-state index contributed by atoms with van der Waals surface area (Å²) >= 11 is 1.77. The largest absolute Gasteiger partial charge is 0.480 e. The zero-order chi connectivity index (χ0) is 12.4. The Morgan fingerprint density at radius 2 is 2.29 bits per heavy atom. The normalized spacial score (nSPS) is 18.9. The molecule has 2 atom stereocenters. The van der Waals surface area contributed by atoms with Gasteiger partial charge in [-0.1, -0.05) is 6.92 Å². The van der Waals surface area contributed by atoms with E-state index in [0.717, 1.165) is 19.3 Å². The summed E-state index contributed by atoms with van der Waals surface area (Å²) in [6.07, 6.45) is 3.13. The number of carbonyl (C=O) groups is 1. The van der Waals surface area contributed by atoms with Crippen LogP contribution in [0.3, 0.4) is 0 Å². The summed E-state index contributed by atoms with van der Waals surface area (Å²) in [5.74, 6) is -0.382. The van der Waals surface area contributed by atoms with Crippen molar-refractivity contribution in [3.8, 4) is 0 Å². The van der Waals surface area contributed by atoms with E-state index in [2.05, 4.69) is 24.4 Å². The lowest BCUT2D eigenvalue weighted by molar-refractivity contribution is -0.140. The van der Waals surface area contributed by atoms with Gasteiger partial charge in [0.1, 0.15) is 6.04 Å². The lowest BCUT2D eigenvalue weighted by Gasteiger charge is -2.18. The number of carboxylic acid groups (broad SMARTS) is 1. The molecule has 1 aliphatic rings. The highest BCUT2D eigenvalue weighted by atomic mass is 32.1. The predicted octanol–water partition coefficient (Wildman–Crippen LogP) is 2.82. The van der Waals surface area contributed by atoms with E-state index in [1.165, 1.54) is 9.75 Å². The maximum Gasteiger partial charge on any atom is 0.321 e. The summed E-state index contributed by atoms with van der Waals surface area (Å²) in [4.78, 5) is 13.7. The molecule has 0 aliphatic heterocycles. The average molecular weight is 253 g/mol. The molecule has 17 heavy (non-hydrogen) atoms. The Labute approximate surface area is 106 Å². The fourth-order valence-corrected chi connectivity index (χ4v) is 2.97. The van der Waals surface area contributed by atoms with E-state index in [4.69, 9.17) is 0 Å². The van der Waals surface area contributed by atoms with Crippen LogP contribution >= 0.6 is 11.3 Å². The second-order valence-electron chi connectivity index (χ2n) is 4.70. The quantitative estimate of drug-likeness (QED) is 0.819. The van der Waals surface area contributed by atoms with Crippen molar-refractivity contribution in [2.45, 2.75) is 45.2 Å². The topological polar surface area (TPSA) is 49.3 Å². The first-order chi connectivity index (χ1) is 8.11. The summed E-state index contributed by atoms with van der Waals surface area (Å²) in [7, 11) is 0. The number of aliphatic carboxylic acids is 1. The van der Waals surface area contributed by atoms with E-state index >= 15 is 0 Å². The van der Waals surface area contributed by atoms with Gasteiger partial charge in [0.2, 0.25) is 0 Å². The van der Waals surface area contributed by atoms with Crippen LogP contribution in [0.5, 0.6) is 0 Å². The Hall–Kier alpha value is -0.870. The molecule has 0 saturated heterocycles. The van der Waals surface area contributed by atoms with Crippen molar-refractivity contribution in [2.75, 3.05) is 0 Å². The van der Waals surface area contributed by atoms with Crippen LogP contribution in [0.4, 0.5) is 0 Å². The fraction of sp³-hybridized carbons (Fsp3) is 0.615. The van der Waals surface area contributed by atoms with E-state index in [0.29, 0.717) is 5.92 Å². The number of hydrogen-bond acceptors (Lipinski definition) is 3. The minimum absolute atomic E-state index is 0.127. The van der Waals surface area contributed by atoms with Crippen LogP contribution in [0, 0.1) is 5.92 Å². The van der Waals surface area contributed by atoms with Crippen molar-refractivity contribution in [2.24, 2.45) is 5.92 Å². The standard InChI is InChI=1S/C13H19NO2S/c1-3-10-6-7-11(17-10)8(2)14-12(13(15)16)9-4-5-9/h6-9,12,14H,3-5H2,1-2H3,(H,15,16). The summed E-state index contributed by atoms with van der Waals surface area (Å²) in [6.45, 7) is 4.18. The maximum absolute atomic E-state index is 11.2. The summed E-state index contributed by atoms with van der Waals surface area (Å²) < 4.78 is 0. The van der Waals surface area contributed by atoms with Crippen LogP contribution in [0.25, 0.3) is 0 Å². The highest BCUT2D eigenvalue weighted by Crippen LogP contribution is 2.34. The van der Waals surface area contributed by atoms with Crippen molar-refractivity contribution in [3.63, 3.8) is 0 Å². The SMILES string of the molecule is CCc1ccc(C(C)NC(C(=O)O)C2CC2)s1. The van der Waals surface area contributed by atoms with Gasteiger partial charge in [-0.25, -0.2) is 0 Å². The molecular formula is C13H19NO2S. The molecule has 0 aromatic carbocycles. The van der Waals surface area contributed by atoms with Crippen LogP contribution in [0.2, 0.25) is 0 Å². The average Bonchev–Trinajstić information content (AvgIpc) is 3.01. The molecule has 1 aromatic heterocycles. The molecule has 1 aromatic rings. The Kier molecular flexibility index (Phi) is 3.84. The lowest BCUT2D eigenvalue weighted by Crippen LogP contribution is -2.39. The van der Waals surface area contributed by atoms with Crippen molar-refractivity contribution in [3.05, 3.63) is 21.9 Å². The Bertz CT molecular complexity index is 398. The Morgan fingerprint density at radius 3 is 2.76 bits per heavy atom. The minimum atomic E-state index is -0.716. The van der Waals surface area contributed by atoms with Gasteiger partial charge >= 0.3 is 5.97 Å². The molecule has 1 heterocycles. The Balaban J connectivity index is 1.99. The van der Waals surface area contributed by atoms with Crippen LogP contribution < -0.4 is 5.32 Å². The zero-order valence-corrected chi connectivity index (χ0v) is 11.1. The molecule has 1 fully saturated rings. The highest BCUT2D eigenvalue weighted by Gasteiger charge is 2.37. The van der Waals surface area contributed by atoms with Gasteiger partial charge in [0.25, 0.3) is 0 Å². The molecule has 2 unspecified atom stereocenters. The third kappa shape index (κ3) is 3.07. The van der Waals surface area contributed by atoms with E-state index in [1.807, 2.05) is 6.92 Å². The lowest BCUT2D eigenvalue weighted by atomic mass is 10.1. The third-order valence-corrected chi connectivity index (χ3v) is 4.66. The zero-order valence-electron chi connectivity index (χ0n) is 10.3. The molecule has 94 valence electrons. The summed E-state index contributed by atoms with van der Waals surface area (Å²) in [5.41, 5.74) is 0. The van der Waals surface area contributed by atoms with Gasteiger partial charge in [0.15, 0.2) is 0 Å². The second kappa shape index (κ2) is 5.19. The molecule has 1 saturated carbocycles. The van der Waals surface area contributed by atoms with Crippen LogP contribution in [0.15, 0.2) is 12.1 Å². The molecule has 4 heteroatoms. The molecule has 0 bridgehead atoms. The van der Waals surface area contributed by atoms with E-state index in [1.54, 1.807) is 11.3 Å². The summed E-state index contributed by atoms with van der Waals surface area (Å²) in [6, 6.07) is 3.98. The molecule has 0 spiro atoms. The summed E-state index contributed by atoms with van der Waals surface area (Å²) in [5, 5.41) is 12.4. The molecule has 2 rings (SSSR count). The van der Waals surface area contributed by atoms with Gasteiger partial charge in [-0.3, -0.25) is 10.1 Å². The number of nitrogens with one attached hydrogen (secondary N) is 1. The number of rotatable bonds is 6. The van der Waals surface area contributed by atoms with E-state index in [-0.39, 0.29) is 12.1 Å². The predicted molar refractivity (Wildman–Crippen MR) is 69.4 cm³/mol. The maximum atomic E-state index is 11.2. The Morgan fingerprint density at radius 1 is 1.59 bits per heavy atom. The van der Waals surface area contributed by atoms with Crippen molar-refractivity contribution in [1.82, 2.24) is 5.32 Å². The van der Waals surface area contributed by atoms with Gasteiger partial charge in [-0.15, -0.1) is 11.3 Å². The molecular weight excluding hydrogens is 234 g/mol. The molecule has 0 radical (unpaired) electrons. The van der Waals surface area contributed by atoms with E-state index in [9.17, 15) is 9.90 Å². The molecule has 1 aliphatic carbocycles. The van der Waals surface area contributed by atoms with Gasteiger partial charge in [-0.2, -0.15) is 0 Å². The van der Waals surface area contributed by atoms with Crippen molar-refractivity contribution < 1.29 is 9.90 Å². The van der Waals surface area contributed by atoms with Gasteiger partial charge in [0.05, 0.1) is 0 Å². The minimum Gasteiger partial charge on any atom is -0.480 e. The monoisotopic (exact) mass is 253 g/mol. The van der Waals surface area contributed by atoms with Crippen molar-refractivity contribution in [1.29, 1.82) is 0 Å². The van der Waals surface area contributed by atoms with Crippen molar-refractivity contribution >= 4 is 17.3 Å². The van der Waals surface area contributed by atoms with Crippen LogP contribution in [-0.4, -0.2) is 17.1 Å². The highest BCUT2D eigenvalue weighted by molar-refractivity contribution is 7.12. The number of thiophene rings is 1. The number of hydrogen-bond donors (Lipinski definition) is 2. The number of carboxylic acids is 1.